The molecule has 2 aromatic carbocycles. The molecular formula is C16H11Cl2NS. The van der Waals surface area contributed by atoms with Gasteiger partial charge in [0.1, 0.15) is 0 Å². The molecule has 0 bridgehead atoms. The minimum absolute atomic E-state index is 0.709. The average Bonchev–Trinajstić information content (AvgIpc) is 2.93. The molecule has 3 aromatic rings. The molecule has 1 N–H and O–H groups in total. The van der Waals surface area contributed by atoms with Crippen LogP contribution in [0.3, 0.4) is 0 Å². The summed E-state index contributed by atoms with van der Waals surface area (Å²) in [6.07, 6.45) is 0. The molecule has 20 heavy (non-hydrogen) atoms. The van der Waals surface area contributed by atoms with Crippen LogP contribution in [0.25, 0.3) is 11.1 Å². The largest absolute Gasteiger partial charge is 0.354 e. The van der Waals surface area contributed by atoms with Crippen molar-refractivity contribution in [3.05, 3.63) is 69.3 Å². The summed E-state index contributed by atoms with van der Waals surface area (Å²) in [5, 5.41) is 8.94. The van der Waals surface area contributed by atoms with Gasteiger partial charge in [0.05, 0.1) is 0 Å². The monoisotopic (exact) mass is 319 g/mol. The normalized spacial score (nSPS) is 10.5. The molecule has 0 fully saturated rings. The van der Waals surface area contributed by atoms with Crippen molar-refractivity contribution in [2.75, 3.05) is 5.32 Å². The van der Waals surface area contributed by atoms with E-state index in [2.05, 4.69) is 10.7 Å². The van der Waals surface area contributed by atoms with Crippen LogP contribution in [0.1, 0.15) is 0 Å². The first-order valence-corrected chi connectivity index (χ1v) is 7.77. The van der Waals surface area contributed by atoms with E-state index in [9.17, 15) is 0 Å². The number of benzene rings is 2. The van der Waals surface area contributed by atoms with E-state index >= 15 is 0 Å². The fraction of sp³-hybridized carbons (Fsp3) is 0. The summed E-state index contributed by atoms with van der Waals surface area (Å²) in [6.45, 7) is 0. The topological polar surface area (TPSA) is 12.0 Å². The minimum Gasteiger partial charge on any atom is -0.354 e. The third-order valence-electron chi connectivity index (χ3n) is 2.94. The van der Waals surface area contributed by atoms with Gasteiger partial charge >= 0.3 is 0 Å². The SMILES string of the molecule is Clc1ccc(-c2ccc(Cl)cc2Nc2ccsc2)cc1. The van der Waals surface area contributed by atoms with Crippen LogP contribution in [-0.2, 0) is 0 Å². The third kappa shape index (κ3) is 2.98. The molecule has 0 radical (unpaired) electrons. The Bertz CT molecular complexity index is 706. The molecule has 0 aliphatic carbocycles. The molecule has 0 unspecified atom stereocenters. The summed E-state index contributed by atoms with van der Waals surface area (Å²) in [5.41, 5.74) is 4.24. The van der Waals surface area contributed by atoms with Crippen molar-refractivity contribution in [2.24, 2.45) is 0 Å². The van der Waals surface area contributed by atoms with Gasteiger partial charge in [-0.2, -0.15) is 11.3 Å². The Morgan fingerprint density at radius 2 is 1.60 bits per heavy atom. The Kier molecular flexibility index (Phi) is 3.97. The lowest BCUT2D eigenvalue weighted by molar-refractivity contribution is 1.56. The van der Waals surface area contributed by atoms with E-state index in [0.717, 1.165) is 27.5 Å². The van der Waals surface area contributed by atoms with Crippen molar-refractivity contribution >= 4 is 45.9 Å². The Morgan fingerprint density at radius 3 is 2.30 bits per heavy atom. The molecule has 0 amide bonds. The zero-order valence-corrected chi connectivity index (χ0v) is 12.8. The summed E-state index contributed by atoms with van der Waals surface area (Å²) in [7, 11) is 0. The maximum absolute atomic E-state index is 6.11. The third-order valence-corrected chi connectivity index (χ3v) is 4.11. The van der Waals surface area contributed by atoms with E-state index in [-0.39, 0.29) is 0 Å². The maximum atomic E-state index is 6.11. The summed E-state index contributed by atoms with van der Waals surface area (Å²) >= 11 is 13.7. The van der Waals surface area contributed by atoms with Gasteiger partial charge in [0.2, 0.25) is 0 Å². The first kappa shape index (κ1) is 13.5. The maximum Gasteiger partial charge on any atom is 0.0493 e. The summed E-state index contributed by atoms with van der Waals surface area (Å²) in [5.74, 6) is 0. The molecule has 3 rings (SSSR count). The van der Waals surface area contributed by atoms with E-state index in [1.165, 1.54) is 0 Å². The highest BCUT2D eigenvalue weighted by molar-refractivity contribution is 7.08. The Morgan fingerprint density at radius 1 is 0.850 bits per heavy atom. The van der Waals surface area contributed by atoms with E-state index in [1.54, 1.807) is 11.3 Å². The van der Waals surface area contributed by atoms with Crippen molar-refractivity contribution in [2.45, 2.75) is 0 Å². The second-order valence-corrected chi connectivity index (χ2v) is 5.99. The lowest BCUT2D eigenvalue weighted by Crippen LogP contribution is -1.92. The fourth-order valence-electron chi connectivity index (χ4n) is 1.99. The van der Waals surface area contributed by atoms with Crippen molar-refractivity contribution in [1.82, 2.24) is 0 Å². The van der Waals surface area contributed by atoms with E-state index < -0.39 is 0 Å². The molecule has 1 nitrogen and oxygen atoms in total. The predicted molar refractivity (Wildman–Crippen MR) is 89.5 cm³/mol. The van der Waals surface area contributed by atoms with Crippen molar-refractivity contribution in [3.63, 3.8) is 0 Å². The number of hydrogen-bond acceptors (Lipinski definition) is 2. The smallest absolute Gasteiger partial charge is 0.0493 e. The Hall–Kier alpha value is -1.48. The lowest BCUT2D eigenvalue weighted by atomic mass is 10.0. The van der Waals surface area contributed by atoms with Crippen LogP contribution in [0, 0.1) is 0 Å². The van der Waals surface area contributed by atoms with Crippen LogP contribution in [0.2, 0.25) is 10.0 Å². The van der Waals surface area contributed by atoms with Crippen LogP contribution in [-0.4, -0.2) is 0 Å². The number of halogens is 2. The molecule has 0 atom stereocenters. The van der Waals surface area contributed by atoms with E-state index in [1.807, 2.05) is 53.9 Å². The predicted octanol–water partition coefficient (Wildman–Crippen LogP) is 6.47. The number of thiophene rings is 1. The molecule has 1 heterocycles. The molecule has 0 aliphatic heterocycles. The Balaban J connectivity index is 2.03. The molecule has 0 aliphatic rings. The van der Waals surface area contributed by atoms with Gasteiger partial charge in [-0.15, -0.1) is 0 Å². The van der Waals surface area contributed by atoms with E-state index in [4.69, 9.17) is 23.2 Å². The van der Waals surface area contributed by atoms with Crippen molar-refractivity contribution < 1.29 is 0 Å². The molecule has 0 saturated carbocycles. The van der Waals surface area contributed by atoms with Crippen LogP contribution in [0.4, 0.5) is 11.4 Å². The first-order chi connectivity index (χ1) is 9.72. The Labute approximate surface area is 131 Å². The highest BCUT2D eigenvalue weighted by Gasteiger charge is 2.07. The molecule has 4 heteroatoms. The van der Waals surface area contributed by atoms with Gasteiger partial charge in [-0.05, 0) is 41.3 Å². The van der Waals surface area contributed by atoms with Crippen molar-refractivity contribution in [1.29, 1.82) is 0 Å². The van der Waals surface area contributed by atoms with Gasteiger partial charge in [0.15, 0.2) is 0 Å². The number of hydrogen-bond donors (Lipinski definition) is 1. The van der Waals surface area contributed by atoms with Gasteiger partial charge in [-0.1, -0.05) is 41.4 Å². The first-order valence-electron chi connectivity index (χ1n) is 6.07. The minimum atomic E-state index is 0.709. The molecule has 1 aromatic heterocycles. The van der Waals surface area contributed by atoms with Gasteiger partial charge in [0.25, 0.3) is 0 Å². The zero-order chi connectivity index (χ0) is 13.9. The number of anilines is 2. The second kappa shape index (κ2) is 5.88. The van der Waals surface area contributed by atoms with Crippen LogP contribution >= 0.6 is 34.5 Å². The molecular weight excluding hydrogens is 309 g/mol. The quantitative estimate of drug-likeness (QED) is 0.583. The number of rotatable bonds is 3. The van der Waals surface area contributed by atoms with Gasteiger partial charge < -0.3 is 5.32 Å². The fourth-order valence-corrected chi connectivity index (χ4v) is 2.88. The van der Waals surface area contributed by atoms with Crippen LogP contribution < -0.4 is 5.32 Å². The van der Waals surface area contributed by atoms with Crippen molar-refractivity contribution in [3.8, 4) is 11.1 Å². The average molecular weight is 320 g/mol. The second-order valence-electron chi connectivity index (χ2n) is 4.33. The van der Waals surface area contributed by atoms with Gasteiger partial charge in [-0.3, -0.25) is 0 Å². The van der Waals surface area contributed by atoms with Gasteiger partial charge in [0, 0.05) is 32.4 Å². The lowest BCUT2D eigenvalue weighted by Gasteiger charge is -2.12. The molecule has 0 spiro atoms. The summed E-state index contributed by atoms with van der Waals surface area (Å²) in [4.78, 5) is 0. The highest BCUT2D eigenvalue weighted by atomic mass is 35.5. The van der Waals surface area contributed by atoms with Crippen LogP contribution in [0.15, 0.2) is 59.3 Å². The van der Waals surface area contributed by atoms with Crippen LogP contribution in [0.5, 0.6) is 0 Å². The summed E-state index contributed by atoms with van der Waals surface area (Å²) in [6, 6.07) is 15.7. The standard InChI is InChI=1S/C16H11Cl2NS/c17-12-3-1-11(2-4-12)15-6-5-13(18)9-16(15)19-14-7-8-20-10-14/h1-10,19H. The van der Waals surface area contributed by atoms with E-state index in [0.29, 0.717) is 5.02 Å². The number of nitrogens with one attached hydrogen (secondary N) is 1. The highest BCUT2D eigenvalue weighted by Crippen LogP contribution is 2.33. The summed E-state index contributed by atoms with van der Waals surface area (Å²) < 4.78 is 0. The molecule has 0 saturated heterocycles. The molecule has 100 valence electrons. The van der Waals surface area contributed by atoms with Gasteiger partial charge in [-0.25, -0.2) is 0 Å². The zero-order valence-electron chi connectivity index (χ0n) is 10.4.